The van der Waals surface area contributed by atoms with Crippen LogP contribution in [-0.4, -0.2) is 16.5 Å². The number of carbonyl (C=O) groups excluding carboxylic acids is 1. The highest BCUT2D eigenvalue weighted by Gasteiger charge is 2.06. The van der Waals surface area contributed by atoms with Crippen molar-refractivity contribution < 1.29 is 4.79 Å². The zero-order chi connectivity index (χ0) is 12.1. The molecule has 1 aromatic heterocycles. The molecule has 0 unspecified atom stereocenters. The summed E-state index contributed by atoms with van der Waals surface area (Å²) in [6, 6.07) is 12.1. The van der Waals surface area contributed by atoms with E-state index in [0.29, 0.717) is 11.4 Å². The first-order valence-corrected chi connectivity index (χ1v) is 6.71. The van der Waals surface area contributed by atoms with Gasteiger partial charge in [-0.3, -0.25) is 4.79 Å². The summed E-state index contributed by atoms with van der Waals surface area (Å²) in [5.41, 5.74) is 3.23. The maximum absolute atomic E-state index is 11.7. The number of rotatable bonds is 5. The molecular formula is C14H15NOS. The molecule has 0 amide bonds. The van der Waals surface area contributed by atoms with Gasteiger partial charge in [-0.15, -0.1) is 11.8 Å². The Hall–Kier alpha value is -1.48. The third-order valence-electron chi connectivity index (χ3n) is 2.48. The van der Waals surface area contributed by atoms with Crippen LogP contribution in [0.25, 0.3) is 0 Å². The molecular weight excluding hydrogens is 230 g/mol. The van der Waals surface area contributed by atoms with Gasteiger partial charge in [0.25, 0.3) is 0 Å². The largest absolute Gasteiger partial charge is 0.359 e. The van der Waals surface area contributed by atoms with Crippen LogP contribution in [0.2, 0.25) is 0 Å². The zero-order valence-electron chi connectivity index (χ0n) is 9.77. The normalized spacial score (nSPS) is 10.4. The smallest absolute Gasteiger partial charge is 0.188 e. The van der Waals surface area contributed by atoms with Crippen LogP contribution in [0.15, 0.2) is 42.6 Å². The van der Waals surface area contributed by atoms with Gasteiger partial charge < -0.3 is 4.98 Å². The molecule has 0 bridgehead atoms. The molecule has 2 rings (SSSR count). The second kappa shape index (κ2) is 5.73. The Morgan fingerprint density at radius 1 is 1.29 bits per heavy atom. The first kappa shape index (κ1) is 12.0. The Morgan fingerprint density at radius 2 is 2.18 bits per heavy atom. The standard InChI is InChI=1S/C14H15NOS/c1-11-4-2-5-12(8-11)9-17-10-14(16)13-6-3-7-15-13/h2-8,15H,9-10H2,1H3. The molecule has 88 valence electrons. The minimum absolute atomic E-state index is 0.160. The van der Waals surface area contributed by atoms with E-state index in [1.807, 2.05) is 12.1 Å². The Bertz CT molecular complexity index is 491. The van der Waals surface area contributed by atoms with Crippen LogP contribution in [0.1, 0.15) is 21.6 Å². The van der Waals surface area contributed by atoms with E-state index in [1.54, 1.807) is 18.0 Å². The van der Waals surface area contributed by atoms with Gasteiger partial charge in [-0.2, -0.15) is 0 Å². The number of aromatic amines is 1. The number of thioether (sulfide) groups is 1. The number of aromatic nitrogens is 1. The van der Waals surface area contributed by atoms with E-state index in [-0.39, 0.29) is 5.78 Å². The number of nitrogens with one attached hydrogen (secondary N) is 1. The summed E-state index contributed by atoms with van der Waals surface area (Å²) in [6.07, 6.45) is 1.78. The summed E-state index contributed by atoms with van der Waals surface area (Å²) in [5, 5.41) is 0. The summed E-state index contributed by atoms with van der Waals surface area (Å²) in [5.74, 6) is 1.57. The van der Waals surface area contributed by atoms with E-state index in [1.165, 1.54) is 11.1 Å². The van der Waals surface area contributed by atoms with E-state index in [9.17, 15) is 4.79 Å². The number of benzene rings is 1. The second-order valence-corrected chi connectivity index (χ2v) is 4.97. The van der Waals surface area contributed by atoms with E-state index in [4.69, 9.17) is 0 Å². The van der Waals surface area contributed by atoms with Crippen LogP contribution in [0.5, 0.6) is 0 Å². The Morgan fingerprint density at radius 3 is 2.88 bits per heavy atom. The lowest BCUT2D eigenvalue weighted by atomic mass is 10.2. The Kier molecular flexibility index (Phi) is 4.04. The molecule has 0 saturated carbocycles. The fourth-order valence-corrected chi connectivity index (χ4v) is 2.50. The lowest BCUT2D eigenvalue weighted by molar-refractivity contribution is 0.101. The first-order valence-electron chi connectivity index (χ1n) is 5.55. The van der Waals surface area contributed by atoms with Crippen LogP contribution in [0, 0.1) is 6.92 Å². The van der Waals surface area contributed by atoms with Gasteiger partial charge in [-0.25, -0.2) is 0 Å². The molecule has 0 radical (unpaired) electrons. The molecule has 1 aromatic carbocycles. The van der Waals surface area contributed by atoms with Crippen LogP contribution < -0.4 is 0 Å². The van der Waals surface area contributed by atoms with E-state index in [0.717, 1.165) is 5.75 Å². The SMILES string of the molecule is Cc1cccc(CSCC(=O)c2ccc[nH]2)c1. The lowest BCUT2D eigenvalue weighted by Crippen LogP contribution is -2.02. The number of carbonyl (C=O) groups is 1. The summed E-state index contributed by atoms with van der Waals surface area (Å²) in [6.45, 7) is 2.08. The van der Waals surface area contributed by atoms with Gasteiger partial charge >= 0.3 is 0 Å². The summed E-state index contributed by atoms with van der Waals surface area (Å²) < 4.78 is 0. The van der Waals surface area contributed by atoms with Gasteiger partial charge in [0.1, 0.15) is 0 Å². The highest BCUT2D eigenvalue weighted by Crippen LogP contribution is 2.14. The van der Waals surface area contributed by atoms with Gasteiger partial charge in [0.05, 0.1) is 11.4 Å². The van der Waals surface area contributed by atoms with Crippen LogP contribution in [0.3, 0.4) is 0 Å². The van der Waals surface area contributed by atoms with Crippen molar-refractivity contribution in [2.24, 2.45) is 0 Å². The quantitative estimate of drug-likeness (QED) is 0.818. The fourth-order valence-electron chi connectivity index (χ4n) is 1.65. The molecule has 0 aliphatic rings. The van der Waals surface area contributed by atoms with E-state index in [2.05, 4.69) is 36.2 Å². The van der Waals surface area contributed by atoms with Crippen molar-refractivity contribution in [3.05, 3.63) is 59.4 Å². The van der Waals surface area contributed by atoms with Crippen molar-refractivity contribution in [2.75, 3.05) is 5.75 Å². The van der Waals surface area contributed by atoms with E-state index >= 15 is 0 Å². The molecule has 0 aliphatic carbocycles. The van der Waals surface area contributed by atoms with Crippen molar-refractivity contribution in [2.45, 2.75) is 12.7 Å². The minimum atomic E-state index is 0.160. The Balaban J connectivity index is 1.82. The fraction of sp³-hybridized carbons (Fsp3) is 0.214. The molecule has 17 heavy (non-hydrogen) atoms. The van der Waals surface area contributed by atoms with Gasteiger partial charge in [-0.05, 0) is 24.6 Å². The van der Waals surface area contributed by atoms with Crippen molar-refractivity contribution in [3.8, 4) is 0 Å². The number of hydrogen-bond donors (Lipinski definition) is 1. The molecule has 0 fully saturated rings. The Labute approximate surface area is 105 Å². The predicted molar refractivity (Wildman–Crippen MR) is 72.5 cm³/mol. The minimum Gasteiger partial charge on any atom is -0.359 e. The molecule has 2 aromatic rings. The molecule has 0 aliphatic heterocycles. The zero-order valence-corrected chi connectivity index (χ0v) is 10.6. The van der Waals surface area contributed by atoms with Gasteiger partial charge in [0.2, 0.25) is 0 Å². The van der Waals surface area contributed by atoms with Crippen molar-refractivity contribution in [3.63, 3.8) is 0 Å². The highest BCUT2D eigenvalue weighted by atomic mass is 32.2. The monoisotopic (exact) mass is 245 g/mol. The summed E-state index contributed by atoms with van der Waals surface area (Å²) in [7, 11) is 0. The maximum Gasteiger partial charge on any atom is 0.188 e. The number of hydrogen-bond acceptors (Lipinski definition) is 2. The first-order chi connectivity index (χ1) is 8.25. The van der Waals surface area contributed by atoms with Crippen LogP contribution >= 0.6 is 11.8 Å². The highest BCUT2D eigenvalue weighted by molar-refractivity contribution is 7.99. The molecule has 0 atom stereocenters. The van der Waals surface area contributed by atoms with Crippen LogP contribution in [0.4, 0.5) is 0 Å². The molecule has 0 saturated heterocycles. The van der Waals surface area contributed by atoms with Gasteiger partial charge in [0, 0.05) is 11.9 Å². The molecule has 1 heterocycles. The second-order valence-electron chi connectivity index (χ2n) is 3.99. The number of H-pyrrole nitrogens is 1. The predicted octanol–water partition coefficient (Wildman–Crippen LogP) is 3.44. The lowest BCUT2D eigenvalue weighted by Gasteiger charge is -2.02. The van der Waals surface area contributed by atoms with Crippen molar-refractivity contribution in [1.29, 1.82) is 0 Å². The average Bonchev–Trinajstić information content (AvgIpc) is 2.82. The summed E-state index contributed by atoms with van der Waals surface area (Å²) in [4.78, 5) is 14.6. The topological polar surface area (TPSA) is 32.9 Å². The van der Waals surface area contributed by atoms with E-state index < -0.39 is 0 Å². The average molecular weight is 245 g/mol. The van der Waals surface area contributed by atoms with Crippen molar-refractivity contribution >= 4 is 17.5 Å². The molecule has 0 spiro atoms. The number of aryl methyl sites for hydroxylation is 1. The van der Waals surface area contributed by atoms with Gasteiger partial charge in [-0.1, -0.05) is 29.8 Å². The third-order valence-corrected chi connectivity index (χ3v) is 3.49. The molecule has 1 N–H and O–H groups in total. The van der Waals surface area contributed by atoms with Crippen LogP contribution in [-0.2, 0) is 5.75 Å². The van der Waals surface area contributed by atoms with Crippen molar-refractivity contribution in [1.82, 2.24) is 4.98 Å². The molecule has 3 heteroatoms. The number of ketones is 1. The van der Waals surface area contributed by atoms with Gasteiger partial charge in [0.15, 0.2) is 5.78 Å². The maximum atomic E-state index is 11.7. The number of Topliss-reactive ketones (excluding diaryl/α,β-unsaturated/α-hetero) is 1. The third kappa shape index (κ3) is 3.49. The molecule has 2 nitrogen and oxygen atoms in total. The summed E-state index contributed by atoms with van der Waals surface area (Å²) >= 11 is 1.65.